The van der Waals surface area contributed by atoms with Gasteiger partial charge in [-0.1, -0.05) is 32.4 Å². The van der Waals surface area contributed by atoms with E-state index in [4.69, 9.17) is 17.3 Å². The molecule has 0 saturated carbocycles. The number of nitrogens with two attached hydrogens (primary N) is 1. The van der Waals surface area contributed by atoms with Gasteiger partial charge >= 0.3 is 0 Å². The van der Waals surface area contributed by atoms with E-state index in [1.165, 1.54) is 12.1 Å². The Morgan fingerprint density at radius 2 is 2.00 bits per heavy atom. The normalized spacial score (nSPS) is 13.0. The second-order valence-electron chi connectivity index (χ2n) is 4.34. The summed E-state index contributed by atoms with van der Waals surface area (Å²) in [7, 11) is 0. The fraction of sp³-hybridized carbons (Fsp3) is 0.364. The van der Waals surface area contributed by atoms with Crippen molar-refractivity contribution in [3.63, 3.8) is 0 Å². The molecule has 0 saturated heterocycles. The minimum atomic E-state index is -0.463. The van der Waals surface area contributed by atoms with Crippen LogP contribution in [0.25, 0.3) is 0 Å². The number of aliphatic imine (C=N–C) groups is 1. The predicted octanol–water partition coefficient (Wildman–Crippen LogP) is 3.51. The van der Waals surface area contributed by atoms with Crippen LogP contribution in [-0.2, 0) is 0 Å². The zero-order valence-electron chi connectivity index (χ0n) is 9.01. The van der Waals surface area contributed by atoms with Gasteiger partial charge in [-0.2, -0.15) is 0 Å². The Hall–Kier alpha value is -1.09. The van der Waals surface area contributed by atoms with Gasteiger partial charge < -0.3 is 5.73 Å². The number of hydrogen-bond donors (Lipinski definition) is 1. The minimum absolute atomic E-state index is 0.215. The Morgan fingerprint density at radius 1 is 1.40 bits per heavy atom. The summed E-state index contributed by atoms with van der Waals surface area (Å²) in [5.41, 5.74) is 5.68. The van der Waals surface area contributed by atoms with E-state index < -0.39 is 5.82 Å². The second kappa shape index (κ2) is 4.19. The van der Waals surface area contributed by atoms with E-state index in [2.05, 4.69) is 4.99 Å². The summed E-state index contributed by atoms with van der Waals surface area (Å²) in [5.74, 6) is -0.0709. The highest BCUT2D eigenvalue weighted by atomic mass is 35.5. The summed E-state index contributed by atoms with van der Waals surface area (Å²) in [5, 5.41) is 0.348. The predicted molar refractivity (Wildman–Crippen MR) is 62.1 cm³/mol. The van der Waals surface area contributed by atoms with Gasteiger partial charge in [-0.15, -0.1) is 0 Å². The van der Waals surface area contributed by atoms with E-state index in [-0.39, 0.29) is 11.1 Å². The molecule has 0 fully saturated rings. The molecule has 0 aliphatic heterocycles. The third-order valence-electron chi connectivity index (χ3n) is 1.92. The molecule has 0 bridgehead atoms. The highest BCUT2D eigenvalue weighted by Crippen LogP contribution is 2.23. The molecule has 1 rings (SSSR count). The zero-order chi connectivity index (χ0) is 11.6. The summed E-state index contributed by atoms with van der Waals surface area (Å²) in [6.45, 7) is 5.75. The van der Waals surface area contributed by atoms with Gasteiger partial charge in [0.1, 0.15) is 17.3 Å². The van der Waals surface area contributed by atoms with Crippen LogP contribution in [0.3, 0.4) is 0 Å². The molecule has 2 N–H and O–H groups in total. The number of benzene rings is 1. The molecule has 0 amide bonds. The first kappa shape index (κ1) is 12.0. The van der Waals surface area contributed by atoms with Crippen LogP contribution in [0.15, 0.2) is 23.2 Å². The van der Waals surface area contributed by atoms with E-state index in [0.29, 0.717) is 10.9 Å². The van der Waals surface area contributed by atoms with Crippen molar-refractivity contribution in [1.82, 2.24) is 0 Å². The first-order valence-electron chi connectivity index (χ1n) is 4.60. The van der Waals surface area contributed by atoms with Crippen LogP contribution in [0, 0.1) is 11.2 Å². The lowest BCUT2D eigenvalue weighted by molar-refractivity contribution is 0.583. The number of hydrogen-bond acceptors (Lipinski definition) is 1. The van der Waals surface area contributed by atoms with Gasteiger partial charge in [0.25, 0.3) is 0 Å². The number of halogens is 2. The SMILES string of the molecule is CC(C)(C)C(N)=Nc1ccc(Cl)cc1F. The molecule has 0 heterocycles. The van der Waals surface area contributed by atoms with Crippen molar-refractivity contribution in [2.45, 2.75) is 20.8 Å². The zero-order valence-corrected chi connectivity index (χ0v) is 9.77. The molecule has 2 nitrogen and oxygen atoms in total. The third kappa shape index (κ3) is 3.20. The van der Waals surface area contributed by atoms with Crippen molar-refractivity contribution >= 4 is 23.1 Å². The molecular formula is C11H14ClFN2. The topological polar surface area (TPSA) is 38.4 Å². The lowest BCUT2D eigenvalue weighted by Crippen LogP contribution is -2.28. The van der Waals surface area contributed by atoms with Crippen LogP contribution >= 0.6 is 11.6 Å². The molecule has 0 aliphatic carbocycles. The Labute approximate surface area is 94.0 Å². The largest absolute Gasteiger partial charge is 0.387 e. The molecule has 0 aromatic heterocycles. The van der Waals surface area contributed by atoms with Crippen molar-refractivity contribution in [3.05, 3.63) is 29.0 Å². The quantitative estimate of drug-likeness (QED) is 0.580. The van der Waals surface area contributed by atoms with Crippen molar-refractivity contribution in [3.8, 4) is 0 Å². The molecular weight excluding hydrogens is 215 g/mol. The average molecular weight is 229 g/mol. The average Bonchev–Trinajstić information content (AvgIpc) is 2.08. The molecule has 1 aromatic carbocycles. The summed E-state index contributed by atoms with van der Waals surface area (Å²) in [6.07, 6.45) is 0. The standard InChI is InChI=1S/C11H14ClFN2/c1-11(2,3)10(14)15-9-5-4-7(12)6-8(9)13/h4-6H,1-3H3,(H2,14,15). The third-order valence-corrected chi connectivity index (χ3v) is 2.15. The summed E-state index contributed by atoms with van der Waals surface area (Å²) in [6, 6.07) is 4.31. The van der Waals surface area contributed by atoms with E-state index in [9.17, 15) is 4.39 Å². The highest BCUT2D eigenvalue weighted by molar-refractivity contribution is 6.30. The maximum atomic E-state index is 13.4. The van der Waals surface area contributed by atoms with Crippen LogP contribution < -0.4 is 5.73 Å². The number of amidine groups is 1. The fourth-order valence-electron chi connectivity index (χ4n) is 0.869. The summed E-state index contributed by atoms with van der Waals surface area (Å²) in [4.78, 5) is 4.03. The molecule has 0 aliphatic rings. The molecule has 1 aromatic rings. The van der Waals surface area contributed by atoms with Gasteiger partial charge in [0.2, 0.25) is 0 Å². The van der Waals surface area contributed by atoms with Gasteiger partial charge in [-0.05, 0) is 18.2 Å². The number of rotatable bonds is 1. The Bertz CT molecular complexity index is 394. The van der Waals surface area contributed by atoms with Gasteiger partial charge in [0, 0.05) is 10.4 Å². The first-order chi connectivity index (χ1) is 6.80. The Morgan fingerprint density at radius 3 is 2.47 bits per heavy atom. The molecule has 82 valence electrons. The van der Waals surface area contributed by atoms with E-state index in [1.54, 1.807) is 6.07 Å². The maximum Gasteiger partial charge on any atom is 0.150 e. The summed E-state index contributed by atoms with van der Waals surface area (Å²) >= 11 is 5.62. The minimum Gasteiger partial charge on any atom is -0.387 e. The molecule has 0 spiro atoms. The lowest BCUT2D eigenvalue weighted by Gasteiger charge is -2.17. The highest BCUT2D eigenvalue weighted by Gasteiger charge is 2.16. The second-order valence-corrected chi connectivity index (χ2v) is 4.78. The Kier molecular flexibility index (Phi) is 3.35. The van der Waals surface area contributed by atoms with Crippen molar-refractivity contribution in [2.24, 2.45) is 16.1 Å². The smallest absolute Gasteiger partial charge is 0.150 e. The molecule has 0 atom stereocenters. The van der Waals surface area contributed by atoms with Gasteiger partial charge in [0.15, 0.2) is 0 Å². The summed E-state index contributed by atoms with van der Waals surface area (Å²) < 4.78 is 13.4. The molecule has 4 heteroatoms. The lowest BCUT2D eigenvalue weighted by atomic mass is 9.95. The number of nitrogens with zero attached hydrogens (tertiary/aromatic N) is 1. The van der Waals surface area contributed by atoms with Crippen molar-refractivity contribution in [1.29, 1.82) is 0 Å². The van der Waals surface area contributed by atoms with Crippen LogP contribution in [0.2, 0.25) is 5.02 Å². The van der Waals surface area contributed by atoms with Crippen LogP contribution in [0.4, 0.5) is 10.1 Å². The van der Waals surface area contributed by atoms with E-state index >= 15 is 0 Å². The van der Waals surface area contributed by atoms with Gasteiger partial charge in [0.05, 0.1) is 0 Å². The maximum absolute atomic E-state index is 13.4. The van der Waals surface area contributed by atoms with Gasteiger partial charge in [-0.3, -0.25) is 0 Å². The van der Waals surface area contributed by atoms with Gasteiger partial charge in [-0.25, -0.2) is 9.38 Å². The van der Waals surface area contributed by atoms with Crippen LogP contribution in [0.5, 0.6) is 0 Å². The van der Waals surface area contributed by atoms with E-state index in [0.717, 1.165) is 0 Å². The van der Waals surface area contributed by atoms with Crippen LogP contribution in [0.1, 0.15) is 20.8 Å². The molecule has 0 unspecified atom stereocenters. The van der Waals surface area contributed by atoms with Crippen molar-refractivity contribution < 1.29 is 4.39 Å². The van der Waals surface area contributed by atoms with Crippen LogP contribution in [-0.4, -0.2) is 5.84 Å². The Balaban J connectivity index is 3.09. The van der Waals surface area contributed by atoms with E-state index in [1.807, 2.05) is 20.8 Å². The van der Waals surface area contributed by atoms with Crippen molar-refractivity contribution in [2.75, 3.05) is 0 Å². The molecule has 0 radical (unpaired) electrons. The first-order valence-corrected chi connectivity index (χ1v) is 4.98. The molecule has 15 heavy (non-hydrogen) atoms. The fourth-order valence-corrected chi connectivity index (χ4v) is 1.03. The monoisotopic (exact) mass is 228 g/mol.